The molecule has 0 saturated heterocycles. The van der Waals surface area contributed by atoms with Gasteiger partial charge in [-0.1, -0.05) is 53.0 Å². The van der Waals surface area contributed by atoms with Crippen molar-refractivity contribution in [1.29, 1.82) is 0 Å². The third-order valence-electron chi connectivity index (χ3n) is 6.48. The molecule has 0 aliphatic carbocycles. The number of anilines is 1. The van der Waals surface area contributed by atoms with Crippen LogP contribution in [0.1, 0.15) is 11.1 Å². The SMILES string of the molecule is Cc1ccc(NC(=O)COc2c(Br)cc(Cl)cc2C=Nn2c(-c3cc4cc(Cl)ccc4o3)nc3ccccc3c2=O)cc1. The second-order valence-electron chi connectivity index (χ2n) is 9.62. The minimum absolute atomic E-state index is 0.188. The summed E-state index contributed by atoms with van der Waals surface area (Å²) in [6.07, 6.45) is 1.42. The van der Waals surface area contributed by atoms with Gasteiger partial charge in [-0.05, 0) is 83.5 Å². The summed E-state index contributed by atoms with van der Waals surface area (Å²) in [4.78, 5) is 31.0. The Morgan fingerprint density at radius 3 is 2.65 bits per heavy atom. The Hall–Kier alpha value is -4.44. The maximum Gasteiger partial charge on any atom is 0.282 e. The van der Waals surface area contributed by atoms with Gasteiger partial charge in [0.15, 0.2) is 12.4 Å². The molecule has 1 N–H and O–H groups in total. The van der Waals surface area contributed by atoms with Crippen LogP contribution < -0.4 is 15.6 Å². The number of fused-ring (bicyclic) bond motifs is 2. The Labute approximate surface area is 263 Å². The van der Waals surface area contributed by atoms with Gasteiger partial charge in [0.1, 0.15) is 11.3 Å². The molecule has 214 valence electrons. The first-order valence-electron chi connectivity index (χ1n) is 13.0. The van der Waals surface area contributed by atoms with Gasteiger partial charge in [-0.2, -0.15) is 9.78 Å². The fourth-order valence-corrected chi connectivity index (χ4v) is 5.56. The molecule has 0 bridgehead atoms. The van der Waals surface area contributed by atoms with Crippen molar-refractivity contribution in [2.45, 2.75) is 6.92 Å². The highest BCUT2D eigenvalue weighted by molar-refractivity contribution is 9.10. The predicted octanol–water partition coefficient (Wildman–Crippen LogP) is 8.09. The molecule has 11 heteroatoms. The molecule has 4 aromatic carbocycles. The number of nitrogens with one attached hydrogen (secondary N) is 1. The van der Waals surface area contributed by atoms with Crippen molar-refractivity contribution in [3.8, 4) is 17.3 Å². The predicted molar refractivity (Wildman–Crippen MR) is 174 cm³/mol. The lowest BCUT2D eigenvalue weighted by Gasteiger charge is -2.13. The van der Waals surface area contributed by atoms with Crippen LogP contribution in [0, 0.1) is 6.92 Å². The second-order valence-corrected chi connectivity index (χ2v) is 11.3. The number of carbonyl (C=O) groups excluding carboxylic acids is 1. The monoisotopic (exact) mass is 674 g/mol. The van der Waals surface area contributed by atoms with Gasteiger partial charge in [0.05, 0.1) is 21.6 Å². The van der Waals surface area contributed by atoms with Crippen LogP contribution in [0.3, 0.4) is 0 Å². The van der Waals surface area contributed by atoms with Gasteiger partial charge >= 0.3 is 0 Å². The van der Waals surface area contributed by atoms with Crippen LogP contribution in [-0.4, -0.2) is 28.4 Å². The highest BCUT2D eigenvalue weighted by Gasteiger charge is 2.18. The van der Waals surface area contributed by atoms with E-state index in [1.165, 1.54) is 6.21 Å². The van der Waals surface area contributed by atoms with E-state index in [1.807, 2.05) is 31.2 Å². The van der Waals surface area contributed by atoms with Gasteiger partial charge in [-0.3, -0.25) is 9.59 Å². The summed E-state index contributed by atoms with van der Waals surface area (Å²) in [5, 5.41) is 9.37. The van der Waals surface area contributed by atoms with Crippen molar-refractivity contribution >= 4 is 78.8 Å². The van der Waals surface area contributed by atoms with E-state index in [1.54, 1.807) is 60.7 Å². The van der Waals surface area contributed by atoms with Crippen molar-refractivity contribution in [1.82, 2.24) is 9.66 Å². The van der Waals surface area contributed by atoms with Crippen LogP contribution >= 0.6 is 39.1 Å². The van der Waals surface area contributed by atoms with E-state index < -0.39 is 5.56 Å². The average Bonchev–Trinajstić information content (AvgIpc) is 3.40. The van der Waals surface area contributed by atoms with Crippen LogP contribution in [0.15, 0.2) is 104 Å². The molecule has 0 atom stereocenters. The number of benzene rings is 4. The molecule has 6 rings (SSSR count). The van der Waals surface area contributed by atoms with Gasteiger partial charge in [0, 0.05) is 26.7 Å². The van der Waals surface area contributed by atoms with Crippen molar-refractivity contribution in [2.24, 2.45) is 5.10 Å². The molecule has 0 spiro atoms. The summed E-state index contributed by atoms with van der Waals surface area (Å²) < 4.78 is 13.6. The zero-order chi connectivity index (χ0) is 30.1. The van der Waals surface area contributed by atoms with Crippen LogP contribution in [0.4, 0.5) is 5.69 Å². The van der Waals surface area contributed by atoms with E-state index in [9.17, 15) is 9.59 Å². The second kappa shape index (κ2) is 12.0. The number of carbonyl (C=O) groups is 1. The number of amides is 1. The topological polar surface area (TPSA) is 98.7 Å². The third-order valence-corrected chi connectivity index (χ3v) is 7.53. The van der Waals surface area contributed by atoms with Gasteiger partial charge in [-0.15, -0.1) is 0 Å². The van der Waals surface area contributed by atoms with E-state index in [4.69, 9.17) is 37.3 Å². The molecule has 2 aromatic heterocycles. The molecule has 2 heterocycles. The smallest absolute Gasteiger partial charge is 0.282 e. The Balaban J connectivity index is 1.38. The van der Waals surface area contributed by atoms with Gasteiger partial charge in [-0.25, -0.2) is 4.98 Å². The summed E-state index contributed by atoms with van der Waals surface area (Å²) in [5.41, 5.74) is 2.81. The van der Waals surface area contributed by atoms with Crippen molar-refractivity contribution in [2.75, 3.05) is 11.9 Å². The summed E-state index contributed by atoms with van der Waals surface area (Å²) >= 11 is 16.0. The molecule has 8 nitrogen and oxygen atoms in total. The number of para-hydroxylation sites is 1. The largest absolute Gasteiger partial charge is 0.482 e. The number of nitrogens with zero attached hydrogens (tertiary/aromatic N) is 3. The fraction of sp³-hybridized carbons (Fsp3) is 0.0625. The van der Waals surface area contributed by atoms with E-state index in [0.717, 1.165) is 15.6 Å². The van der Waals surface area contributed by atoms with E-state index in [2.05, 4.69) is 26.3 Å². The minimum atomic E-state index is -0.406. The molecular formula is C32H21BrCl2N4O4. The standard InChI is InChI=1S/C32H21BrCl2N4O4/c1-18-6-9-23(10-7-18)37-29(40)17-42-30-20(13-22(35)15-25(30)33)16-36-39-31(38-26-5-3-2-4-24(26)32(39)41)28-14-19-12-21(34)8-11-27(19)43-28/h2-16H,17H2,1H3,(H,37,40). The molecular weight excluding hydrogens is 655 g/mol. The highest BCUT2D eigenvalue weighted by atomic mass is 79.9. The Morgan fingerprint density at radius 2 is 1.84 bits per heavy atom. The molecule has 0 fully saturated rings. The lowest BCUT2D eigenvalue weighted by Crippen LogP contribution is -2.21. The zero-order valence-corrected chi connectivity index (χ0v) is 25.6. The summed E-state index contributed by atoms with van der Waals surface area (Å²) in [6.45, 7) is 1.69. The van der Waals surface area contributed by atoms with Crippen molar-refractivity contribution in [3.05, 3.63) is 121 Å². The normalized spacial score (nSPS) is 11.4. The zero-order valence-electron chi connectivity index (χ0n) is 22.5. The van der Waals surface area contributed by atoms with Gasteiger partial charge < -0.3 is 14.5 Å². The maximum absolute atomic E-state index is 13.7. The Kier molecular flexibility index (Phi) is 8.03. The van der Waals surface area contributed by atoms with E-state index >= 15 is 0 Å². The van der Waals surface area contributed by atoms with Crippen LogP contribution in [0.5, 0.6) is 5.75 Å². The molecule has 0 aliphatic rings. The third kappa shape index (κ3) is 6.19. The first-order valence-corrected chi connectivity index (χ1v) is 14.5. The minimum Gasteiger partial charge on any atom is -0.482 e. The number of hydrogen-bond donors (Lipinski definition) is 1. The van der Waals surface area contributed by atoms with Crippen LogP contribution in [-0.2, 0) is 4.79 Å². The van der Waals surface area contributed by atoms with Crippen LogP contribution in [0.2, 0.25) is 10.0 Å². The Bertz CT molecular complexity index is 2110. The molecule has 1 amide bonds. The van der Waals surface area contributed by atoms with Crippen molar-refractivity contribution < 1.29 is 13.9 Å². The van der Waals surface area contributed by atoms with Crippen molar-refractivity contribution in [3.63, 3.8) is 0 Å². The van der Waals surface area contributed by atoms with Gasteiger partial charge in [0.25, 0.3) is 11.5 Å². The molecule has 0 radical (unpaired) electrons. The first-order chi connectivity index (χ1) is 20.7. The average molecular weight is 676 g/mol. The first kappa shape index (κ1) is 28.7. The lowest BCUT2D eigenvalue weighted by molar-refractivity contribution is -0.118. The van der Waals surface area contributed by atoms with Gasteiger partial charge in [0.2, 0.25) is 5.82 Å². The highest BCUT2D eigenvalue weighted by Crippen LogP contribution is 2.33. The number of halogens is 3. The molecule has 0 aliphatic heterocycles. The lowest BCUT2D eigenvalue weighted by atomic mass is 10.2. The number of hydrogen-bond acceptors (Lipinski definition) is 6. The maximum atomic E-state index is 13.7. The van der Waals surface area contributed by atoms with Crippen LogP contribution in [0.25, 0.3) is 33.5 Å². The number of rotatable bonds is 7. The molecule has 6 aromatic rings. The Morgan fingerprint density at radius 1 is 1.05 bits per heavy atom. The van der Waals surface area contributed by atoms with E-state index in [-0.39, 0.29) is 18.3 Å². The summed E-state index contributed by atoms with van der Waals surface area (Å²) in [7, 11) is 0. The summed E-state index contributed by atoms with van der Waals surface area (Å²) in [6, 6.07) is 24.6. The number of ether oxygens (including phenoxy) is 1. The number of aromatic nitrogens is 2. The number of aryl methyl sites for hydroxylation is 1. The fourth-order valence-electron chi connectivity index (χ4n) is 4.43. The summed E-state index contributed by atoms with van der Waals surface area (Å²) in [5.74, 6) is 0.479. The number of furan rings is 1. The quantitative estimate of drug-likeness (QED) is 0.173. The molecule has 43 heavy (non-hydrogen) atoms. The molecule has 0 unspecified atom stereocenters. The van der Waals surface area contributed by atoms with E-state index in [0.29, 0.717) is 53.8 Å². The molecule has 0 saturated carbocycles.